The lowest BCUT2D eigenvalue weighted by atomic mass is 10.1. The van der Waals surface area contributed by atoms with Crippen molar-refractivity contribution in [3.05, 3.63) is 82.1 Å². The van der Waals surface area contributed by atoms with E-state index in [0.29, 0.717) is 34.6 Å². The van der Waals surface area contributed by atoms with E-state index in [4.69, 9.17) is 11.6 Å². The number of anilines is 2. The first-order valence-corrected chi connectivity index (χ1v) is 8.59. The Hall–Kier alpha value is -2.92. The molecule has 0 saturated heterocycles. The van der Waals surface area contributed by atoms with Crippen molar-refractivity contribution in [1.82, 2.24) is 9.97 Å². The molecule has 1 aromatic heterocycles. The Kier molecular flexibility index (Phi) is 5.49. The van der Waals surface area contributed by atoms with Crippen LogP contribution in [0.3, 0.4) is 0 Å². The van der Waals surface area contributed by atoms with E-state index in [1.54, 1.807) is 30.3 Å². The molecule has 0 fully saturated rings. The molecule has 2 aromatic carbocycles. The molecule has 26 heavy (non-hydrogen) atoms. The van der Waals surface area contributed by atoms with E-state index in [1.165, 1.54) is 5.56 Å². The van der Waals surface area contributed by atoms with Gasteiger partial charge < -0.3 is 10.6 Å². The Bertz CT molecular complexity index is 925. The molecule has 0 aliphatic heterocycles. The smallest absolute Gasteiger partial charge is 0.274 e. The lowest BCUT2D eigenvalue weighted by molar-refractivity contribution is 0.102. The van der Waals surface area contributed by atoms with Crippen LogP contribution >= 0.6 is 11.6 Å². The summed E-state index contributed by atoms with van der Waals surface area (Å²) in [6.45, 7) is 4.47. The minimum Gasteiger partial charge on any atom is -0.350 e. The van der Waals surface area contributed by atoms with Crippen LogP contribution in [-0.2, 0) is 6.54 Å². The monoisotopic (exact) mass is 366 g/mol. The van der Waals surface area contributed by atoms with Gasteiger partial charge in [-0.05, 0) is 49.7 Å². The summed E-state index contributed by atoms with van der Waals surface area (Å²) in [6, 6.07) is 16.8. The van der Waals surface area contributed by atoms with Crippen molar-refractivity contribution in [2.24, 2.45) is 0 Å². The molecule has 0 unspecified atom stereocenters. The van der Waals surface area contributed by atoms with Crippen LogP contribution in [0.1, 0.15) is 27.3 Å². The lowest BCUT2D eigenvalue weighted by Crippen LogP contribution is -2.16. The van der Waals surface area contributed by atoms with E-state index in [9.17, 15) is 4.79 Å². The molecular formula is C20H19ClN4O. The normalized spacial score (nSPS) is 10.4. The molecule has 0 spiro atoms. The van der Waals surface area contributed by atoms with Crippen molar-refractivity contribution in [3.8, 4) is 0 Å². The van der Waals surface area contributed by atoms with E-state index in [-0.39, 0.29) is 5.91 Å². The number of aryl methyl sites for hydroxylation is 2. The maximum atomic E-state index is 12.5. The Morgan fingerprint density at radius 3 is 2.54 bits per heavy atom. The van der Waals surface area contributed by atoms with Gasteiger partial charge in [0, 0.05) is 22.9 Å². The number of carbonyl (C=O) groups excluding carboxylic acids is 1. The number of halogens is 1. The van der Waals surface area contributed by atoms with Crippen LogP contribution in [0.25, 0.3) is 0 Å². The second-order valence-electron chi connectivity index (χ2n) is 6.02. The predicted molar refractivity (Wildman–Crippen MR) is 105 cm³/mol. The van der Waals surface area contributed by atoms with Crippen LogP contribution in [-0.4, -0.2) is 15.9 Å². The minimum absolute atomic E-state index is 0.295. The first kappa shape index (κ1) is 17.9. The maximum absolute atomic E-state index is 12.5. The van der Waals surface area contributed by atoms with Gasteiger partial charge in [0.15, 0.2) is 0 Å². The fourth-order valence-corrected chi connectivity index (χ4v) is 2.62. The third-order valence-corrected chi connectivity index (χ3v) is 3.97. The fourth-order valence-electron chi connectivity index (χ4n) is 2.50. The van der Waals surface area contributed by atoms with Crippen LogP contribution in [0.15, 0.2) is 54.6 Å². The maximum Gasteiger partial charge on any atom is 0.274 e. The Labute approximate surface area is 157 Å². The van der Waals surface area contributed by atoms with Crippen LogP contribution < -0.4 is 10.6 Å². The Morgan fingerprint density at radius 2 is 1.81 bits per heavy atom. The van der Waals surface area contributed by atoms with Crippen molar-refractivity contribution >= 4 is 29.1 Å². The van der Waals surface area contributed by atoms with E-state index in [1.807, 2.05) is 32.0 Å². The molecule has 132 valence electrons. The molecule has 3 aromatic rings. The van der Waals surface area contributed by atoms with Crippen molar-refractivity contribution in [3.63, 3.8) is 0 Å². The molecular weight excluding hydrogens is 348 g/mol. The summed E-state index contributed by atoms with van der Waals surface area (Å²) in [7, 11) is 0. The molecule has 1 amide bonds. The third-order valence-electron chi connectivity index (χ3n) is 3.72. The number of aromatic nitrogens is 2. The molecule has 0 bridgehead atoms. The van der Waals surface area contributed by atoms with Gasteiger partial charge in [0.05, 0.1) is 0 Å². The topological polar surface area (TPSA) is 66.9 Å². The second-order valence-corrected chi connectivity index (χ2v) is 6.46. The Balaban J connectivity index is 1.72. The summed E-state index contributed by atoms with van der Waals surface area (Å²) in [5.74, 6) is 0.129. The van der Waals surface area contributed by atoms with Crippen LogP contribution in [0.5, 0.6) is 0 Å². The highest BCUT2D eigenvalue weighted by molar-refractivity contribution is 6.30. The summed E-state index contributed by atoms with van der Waals surface area (Å²) in [5.41, 5.74) is 4.00. The zero-order valence-electron chi connectivity index (χ0n) is 14.6. The highest BCUT2D eigenvalue weighted by Gasteiger charge is 2.11. The number of hydrogen-bond acceptors (Lipinski definition) is 4. The summed E-state index contributed by atoms with van der Waals surface area (Å²) >= 11 is 5.86. The minimum atomic E-state index is -0.295. The van der Waals surface area contributed by atoms with E-state index in [0.717, 1.165) is 5.56 Å². The summed E-state index contributed by atoms with van der Waals surface area (Å²) < 4.78 is 0. The van der Waals surface area contributed by atoms with Crippen molar-refractivity contribution in [1.29, 1.82) is 0 Å². The molecule has 0 aliphatic rings. The van der Waals surface area contributed by atoms with Gasteiger partial charge in [-0.1, -0.05) is 41.4 Å². The van der Waals surface area contributed by atoms with Gasteiger partial charge in [-0.3, -0.25) is 4.79 Å². The molecule has 5 nitrogen and oxygen atoms in total. The number of rotatable bonds is 5. The first-order valence-electron chi connectivity index (χ1n) is 8.21. The number of amides is 1. The average Bonchev–Trinajstić information content (AvgIpc) is 2.61. The van der Waals surface area contributed by atoms with Crippen LogP contribution in [0, 0.1) is 13.8 Å². The zero-order chi connectivity index (χ0) is 18.5. The molecule has 0 radical (unpaired) electrons. The SMILES string of the molecule is Cc1cccc(CNc2nc(C)cc(C(=O)Nc3ccc(Cl)cc3)n2)c1. The molecule has 6 heteroatoms. The van der Waals surface area contributed by atoms with Crippen LogP contribution in [0.4, 0.5) is 11.6 Å². The second kappa shape index (κ2) is 7.97. The first-order chi connectivity index (χ1) is 12.5. The van der Waals surface area contributed by atoms with Gasteiger partial charge in [-0.2, -0.15) is 0 Å². The van der Waals surface area contributed by atoms with Crippen molar-refractivity contribution in [2.75, 3.05) is 10.6 Å². The van der Waals surface area contributed by atoms with E-state index >= 15 is 0 Å². The molecule has 0 aliphatic carbocycles. The van der Waals surface area contributed by atoms with Gasteiger partial charge in [-0.25, -0.2) is 9.97 Å². The molecule has 2 N–H and O–H groups in total. The summed E-state index contributed by atoms with van der Waals surface area (Å²) in [4.78, 5) is 21.1. The van der Waals surface area contributed by atoms with Gasteiger partial charge in [0.1, 0.15) is 5.69 Å². The highest BCUT2D eigenvalue weighted by atomic mass is 35.5. The van der Waals surface area contributed by atoms with Gasteiger partial charge in [0.2, 0.25) is 5.95 Å². The van der Waals surface area contributed by atoms with Gasteiger partial charge in [-0.15, -0.1) is 0 Å². The molecule has 3 rings (SSSR count). The number of hydrogen-bond donors (Lipinski definition) is 2. The summed E-state index contributed by atoms with van der Waals surface area (Å²) in [5, 5.41) is 6.60. The molecule has 0 atom stereocenters. The number of carbonyl (C=O) groups is 1. The van der Waals surface area contributed by atoms with E-state index in [2.05, 4.69) is 26.7 Å². The molecule has 0 saturated carbocycles. The zero-order valence-corrected chi connectivity index (χ0v) is 15.3. The predicted octanol–water partition coefficient (Wildman–Crippen LogP) is 4.61. The Morgan fingerprint density at radius 1 is 1.04 bits per heavy atom. The largest absolute Gasteiger partial charge is 0.350 e. The van der Waals surface area contributed by atoms with E-state index < -0.39 is 0 Å². The lowest BCUT2D eigenvalue weighted by Gasteiger charge is -2.09. The molecule has 1 heterocycles. The number of nitrogens with one attached hydrogen (secondary N) is 2. The average molecular weight is 367 g/mol. The van der Waals surface area contributed by atoms with Crippen LogP contribution in [0.2, 0.25) is 5.02 Å². The summed E-state index contributed by atoms with van der Waals surface area (Å²) in [6.07, 6.45) is 0. The van der Waals surface area contributed by atoms with Crippen molar-refractivity contribution < 1.29 is 4.79 Å². The quantitative estimate of drug-likeness (QED) is 0.691. The highest BCUT2D eigenvalue weighted by Crippen LogP contribution is 2.15. The standard InChI is InChI=1S/C20H19ClN4O/c1-13-4-3-5-15(10-13)12-22-20-23-14(2)11-18(25-20)19(26)24-17-8-6-16(21)7-9-17/h3-11H,12H2,1-2H3,(H,24,26)(H,22,23,25). The number of nitrogens with zero attached hydrogens (tertiary/aromatic N) is 2. The third kappa shape index (κ3) is 4.80. The fraction of sp³-hybridized carbons (Fsp3) is 0.150. The van der Waals surface area contributed by atoms with Gasteiger partial charge >= 0.3 is 0 Å². The van der Waals surface area contributed by atoms with Crippen molar-refractivity contribution in [2.45, 2.75) is 20.4 Å². The number of benzene rings is 2. The van der Waals surface area contributed by atoms with Gasteiger partial charge in [0.25, 0.3) is 5.91 Å².